The number of nitrogens with zero attached hydrogens (tertiary/aromatic N) is 2. The summed E-state index contributed by atoms with van der Waals surface area (Å²) in [5.74, 6) is 5.70. The second-order valence-corrected chi connectivity index (χ2v) is 6.28. The number of benzene rings is 1. The molecule has 0 radical (unpaired) electrons. The van der Waals surface area contributed by atoms with Crippen molar-refractivity contribution in [2.45, 2.75) is 51.9 Å². The zero-order valence-electron chi connectivity index (χ0n) is 14.8. The largest absolute Gasteiger partial charge is 0.465 e. The molecule has 0 aliphatic carbocycles. The topological polar surface area (TPSA) is 52.1 Å². The lowest BCUT2D eigenvalue weighted by Crippen LogP contribution is -2.01. The first kappa shape index (κ1) is 19.2. The van der Waals surface area contributed by atoms with Crippen LogP contribution in [0.15, 0.2) is 18.2 Å². The van der Waals surface area contributed by atoms with E-state index in [1.807, 2.05) is 0 Å². The first-order chi connectivity index (χ1) is 12.2. The van der Waals surface area contributed by atoms with E-state index in [1.165, 1.54) is 39.2 Å². The van der Waals surface area contributed by atoms with Crippen LogP contribution in [0.5, 0.6) is 0 Å². The minimum absolute atomic E-state index is 0.412. The lowest BCUT2D eigenvalue weighted by molar-refractivity contribution is 0.0601. The Morgan fingerprint density at radius 3 is 2.68 bits per heavy atom. The Labute approximate surface area is 153 Å². The number of ether oxygens (including phenoxy) is 1. The highest BCUT2D eigenvalue weighted by Gasteiger charge is 2.11. The number of aromatic nitrogens is 2. The highest BCUT2D eigenvalue weighted by molar-refractivity contribution is 6.36. The normalized spacial score (nSPS) is 10.4. The molecule has 2 rings (SSSR count). The number of esters is 1. The van der Waals surface area contributed by atoms with Crippen molar-refractivity contribution in [3.63, 3.8) is 0 Å². The van der Waals surface area contributed by atoms with Crippen molar-refractivity contribution in [1.82, 2.24) is 10.2 Å². The average Bonchev–Trinajstić information content (AvgIpc) is 2.64. The third-order valence-electron chi connectivity index (χ3n) is 3.98. The summed E-state index contributed by atoms with van der Waals surface area (Å²) < 4.78 is 4.74. The molecule has 4 nitrogen and oxygen atoms in total. The Morgan fingerprint density at radius 2 is 1.92 bits per heavy atom. The van der Waals surface area contributed by atoms with Crippen LogP contribution in [0, 0.1) is 11.8 Å². The zero-order valence-corrected chi connectivity index (χ0v) is 15.5. The quantitative estimate of drug-likeness (QED) is 0.389. The van der Waals surface area contributed by atoms with Crippen LogP contribution in [-0.4, -0.2) is 23.3 Å². The number of fused-ring (bicyclic) bond motifs is 1. The molecule has 0 aliphatic heterocycles. The fraction of sp³-hybridized carbons (Fsp3) is 0.450. The average molecular weight is 359 g/mol. The van der Waals surface area contributed by atoms with Crippen LogP contribution < -0.4 is 0 Å². The van der Waals surface area contributed by atoms with Gasteiger partial charge in [0.1, 0.15) is 0 Å². The molecule has 0 atom stereocenters. The Balaban J connectivity index is 2.05. The van der Waals surface area contributed by atoms with Gasteiger partial charge >= 0.3 is 5.97 Å². The number of halogens is 1. The van der Waals surface area contributed by atoms with Crippen LogP contribution in [0.25, 0.3) is 10.9 Å². The van der Waals surface area contributed by atoms with Gasteiger partial charge in [-0.3, -0.25) is 0 Å². The second kappa shape index (κ2) is 10.0. The van der Waals surface area contributed by atoms with Gasteiger partial charge in [-0.2, -0.15) is 0 Å². The van der Waals surface area contributed by atoms with Crippen molar-refractivity contribution >= 4 is 28.5 Å². The van der Waals surface area contributed by atoms with Crippen LogP contribution in [0.2, 0.25) is 5.02 Å². The molecule has 1 aromatic carbocycles. The molecule has 1 aromatic heterocycles. The van der Waals surface area contributed by atoms with Gasteiger partial charge in [0.05, 0.1) is 23.2 Å². The minimum Gasteiger partial charge on any atom is -0.465 e. The zero-order chi connectivity index (χ0) is 18.1. The first-order valence-electron chi connectivity index (χ1n) is 8.70. The van der Waals surface area contributed by atoms with E-state index in [0.717, 1.165) is 12.8 Å². The van der Waals surface area contributed by atoms with Gasteiger partial charge in [0.2, 0.25) is 0 Å². The van der Waals surface area contributed by atoms with Crippen LogP contribution in [0.3, 0.4) is 0 Å². The highest BCUT2D eigenvalue weighted by Crippen LogP contribution is 2.25. The molecule has 0 fully saturated rings. The molecule has 1 heterocycles. The smallest absolute Gasteiger partial charge is 0.337 e. The van der Waals surface area contributed by atoms with Gasteiger partial charge in [0, 0.05) is 11.8 Å². The van der Waals surface area contributed by atoms with Crippen LogP contribution in [0.1, 0.15) is 67.9 Å². The molecule has 0 bridgehead atoms. The molecule has 2 aromatic rings. The molecule has 0 aliphatic rings. The SMILES string of the molecule is CCCCCCCCC#Cc1nnc2ccc(C(=O)OC)cc2c1Cl. The maximum Gasteiger partial charge on any atom is 0.337 e. The predicted molar refractivity (Wildman–Crippen MR) is 101 cm³/mol. The third-order valence-corrected chi connectivity index (χ3v) is 4.36. The van der Waals surface area contributed by atoms with Crippen LogP contribution in [-0.2, 0) is 4.74 Å². The Bertz CT molecular complexity index is 793. The minimum atomic E-state index is -0.412. The molecule has 0 saturated heterocycles. The maximum absolute atomic E-state index is 11.7. The van der Waals surface area contributed by atoms with E-state index in [4.69, 9.17) is 16.3 Å². The number of methoxy groups -OCH3 is 1. The van der Waals surface area contributed by atoms with Gasteiger partial charge in [-0.1, -0.05) is 56.5 Å². The summed E-state index contributed by atoms with van der Waals surface area (Å²) in [5, 5.41) is 9.29. The summed E-state index contributed by atoms with van der Waals surface area (Å²) in [6.45, 7) is 2.22. The number of rotatable bonds is 7. The van der Waals surface area contributed by atoms with Gasteiger partial charge < -0.3 is 4.74 Å². The number of hydrogen-bond donors (Lipinski definition) is 0. The molecule has 0 amide bonds. The standard InChI is InChI=1S/C20H23ClN2O2/c1-3-4-5-6-7-8-9-10-11-18-19(21)16-14-15(20(24)25-2)12-13-17(16)22-23-18/h12-14H,3-9H2,1-2H3. The third kappa shape index (κ3) is 5.44. The Hall–Kier alpha value is -2.12. The predicted octanol–water partition coefficient (Wildman–Crippen LogP) is 5.17. The van der Waals surface area contributed by atoms with E-state index in [-0.39, 0.29) is 0 Å². The molecular weight excluding hydrogens is 336 g/mol. The highest BCUT2D eigenvalue weighted by atomic mass is 35.5. The van der Waals surface area contributed by atoms with E-state index < -0.39 is 5.97 Å². The fourth-order valence-corrected chi connectivity index (χ4v) is 2.78. The van der Waals surface area contributed by atoms with Crippen LogP contribution in [0.4, 0.5) is 0 Å². The van der Waals surface area contributed by atoms with Crippen LogP contribution >= 0.6 is 11.6 Å². The monoisotopic (exact) mass is 358 g/mol. The maximum atomic E-state index is 11.7. The molecule has 0 saturated carbocycles. The Morgan fingerprint density at radius 1 is 1.16 bits per heavy atom. The lowest BCUT2D eigenvalue weighted by atomic mass is 10.1. The van der Waals surface area contributed by atoms with Gasteiger partial charge in [-0.05, 0) is 30.5 Å². The van der Waals surface area contributed by atoms with Gasteiger partial charge in [0.15, 0.2) is 5.69 Å². The number of hydrogen-bond acceptors (Lipinski definition) is 4. The molecule has 0 spiro atoms. The molecular formula is C20H23ClN2O2. The van der Waals surface area contributed by atoms with E-state index in [0.29, 0.717) is 27.2 Å². The van der Waals surface area contributed by atoms with E-state index in [9.17, 15) is 4.79 Å². The molecule has 5 heteroatoms. The number of unbranched alkanes of at least 4 members (excludes halogenated alkanes) is 6. The molecule has 0 N–H and O–H groups in total. The van der Waals surface area contributed by atoms with Gasteiger partial charge in [-0.25, -0.2) is 4.79 Å². The van der Waals surface area contributed by atoms with Crippen molar-refractivity contribution in [2.75, 3.05) is 7.11 Å². The Kier molecular flexibility index (Phi) is 7.69. The van der Waals surface area contributed by atoms with Crippen molar-refractivity contribution in [1.29, 1.82) is 0 Å². The fourth-order valence-electron chi connectivity index (χ4n) is 2.54. The van der Waals surface area contributed by atoms with Crippen molar-refractivity contribution in [3.05, 3.63) is 34.5 Å². The molecule has 0 unspecified atom stereocenters. The summed E-state index contributed by atoms with van der Waals surface area (Å²) in [5.41, 5.74) is 1.50. The summed E-state index contributed by atoms with van der Waals surface area (Å²) in [7, 11) is 1.35. The number of carbonyl (C=O) groups excluding carboxylic acids is 1. The first-order valence-corrected chi connectivity index (χ1v) is 9.08. The summed E-state index contributed by atoms with van der Waals surface area (Å²) in [6.07, 6.45) is 8.25. The van der Waals surface area contributed by atoms with Crippen molar-refractivity contribution in [3.8, 4) is 11.8 Å². The molecule has 25 heavy (non-hydrogen) atoms. The van der Waals surface area contributed by atoms with Gasteiger partial charge in [0.25, 0.3) is 0 Å². The van der Waals surface area contributed by atoms with E-state index >= 15 is 0 Å². The van der Waals surface area contributed by atoms with Crippen molar-refractivity contribution in [2.24, 2.45) is 0 Å². The summed E-state index contributed by atoms with van der Waals surface area (Å²) in [6, 6.07) is 5.01. The number of carbonyl (C=O) groups is 1. The second-order valence-electron chi connectivity index (χ2n) is 5.91. The molecule has 132 valence electrons. The van der Waals surface area contributed by atoms with E-state index in [2.05, 4.69) is 29.0 Å². The van der Waals surface area contributed by atoms with E-state index in [1.54, 1.807) is 18.2 Å². The van der Waals surface area contributed by atoms with Gasteiger partial charge in [-0.15, -0.1) is 10.2 Å². The summed E-state index contributed by atoms with van der Waals surface area (Å²) >= 11 is 6.40. The lowest BCUT2D eigenvalue weighted by Gasteiger charge is -2.04. The van der Waals surface area contributed by atoms with Crippen molar-refractivity contribution < 1.29 is 9.53 Å². The summed E-state index contributed by atoms with van der Waals surface area (Å²) in [4.78, 5) is 11.7.